The summed E-state index contributed by atoms with van der Waals surface area (Å²) in [5.41, 5.74) is 2.96. The molecule has 0 saturated heterocycles. The van der Waals surface area contributed by atoms with Gasteiger partial charge in [0.05, 0.1) is 29.4 Å². The number of nitriles is 1. The third-order valence-corrected chi connectivity index (χ3v) is 7.37. The van der Waals surface area contributed by atoms with Crippen LogP contribution in [0, 0.1) is 18.4 Å². The molecule has 3 heterocycles. The number of primary sulfonamides is 1. The van der Waals surface area contributed by atoms with E-state index in [2.05, 4.69) is 31.8 Å². The molecule has 3 aromatic rings. The molecule has 0 atom stereocenters. The van der Waals surface area contributed by atoms with Crippen molar-refractivity contribution in [1.82, 2.24) is 19.9 Å². The lowest BCUT2D eigenvalue weighted by Crippen LogP contribution is -2.28. The largest absolute Gasteiger partial charge is 0.462 e. The maximum atomic E-state index is 12.1. The van der Waals surface area contributed by atoms with Gasteiger partial charge in [-0.2, -0.15) is 10.2 Å². The van der Waals surface area contributed by atoms with Gasteiger partial charge in [-0.3, -0.25) is 5.32 Å². The number of thiazole rings is 1. The van der Waals surface area contributed by atoms with Crippen LogP contribution in [0.4, 0.5) is 16.9 Å². The lowest BCUT2D eigenvalue weighted by molar-refractivity contribution is 0.0531. The van der Waals surface area contributed by atoms with Crippen LogP contribution in [0.25, 0.3) is 0 Å². The van der Waals surface area contributed by atoms with Gasteiger partial charge in [0.15, 0.2) is 11.3 Å². The number of esters is 1. The average molecular weight is 529 g/mol. The number of aryl methyl sites for hydroxylation is 1. The second kappa shape index (κ2) is 10.4. The van der Waals surface area contributed by atoms with Gasteiger partial charge >= 0.3 is 5.97 Å². The van der Waals surface area contributed by atoms with Crippen molar-refractivity contribution in [1.29, 1.82) is 5.26 Å². The molecular formula is C22H24N8O4S2. The molecule has 0 unspecified atom stereocenters. The smallest absolute Gasteiger partial charge is 0.350 e. The highest BCUT2D eigenvalue weighted by molar-refractivity contribution is 7.89. The van der Waals surface area contributed by atoms with Crippen molar-refractivity contribution in [2.75, 3.05) is 23.8 Å². The topological polar surface area (TPSA) is 176 Å². The Morgan fingerprint density at radius 3 is 2.69 bits per heavy atom. The molecule has 2 aromatic heterocycles. The number of ether oxygens (including phenoxy) is 1. The molecule has 0 bridgehead atoms. The summed E-state index contributed by atoms with van der Waals surface area (Å²) in [5, 5.41) is 21.3. The van der Waals surface area contributed by atoms with E-state index in [4.69, 9.17) is 9.88 Å². The van der Waals surface area contributed by atoms with E-state index in [-0.39, 0.29) is 11.5 Å². The van der Waals surface area contributed by atoms with E-state index in [0.717, 1.165) is 28.2 Å². The summed E-state index contributed by atoms with van der Waals surface area (Å²) >= 11 is 1.16. The Bertz CT molecular complexity index is 1430. The molecule has 4 N–H and O–H groups in total. The zero-order valence-corrected chi connectivity index (χ0v) is 21.2. The molecule has 1 aliphatic heterocycles. The second-order valence-corrected chi connectivity index (χ2v) is 10.5. The van der Waals surface area contributed by atoms with Gasteiger partial charge in [0.25, 0.3) is 0 Å². The molecule has 1 aromatic carbocycles. The number of nitrogens with zero attached hydrogens (tertiary/aromatic N) is 5. The number of hydrogen-bond acceptors (Lipinski definition) is 12. The third kappa shape index (κ3) is 5.70. The van der Waals surface area contributed by atoms with Gasteiger partial charge in [-0.25, -0.2) is 28.3 Å². The molecular weight excluding hydrogens is 504 g/mol. The standard InChI is InChI=1S/C22H24N8O4S2/c1-3-34-20(31)18-13(2)26-22(35-18)29-21-27-17-8-9-30(12-23)11-16(17)19(28-21)25-10-14-4-6-15(7-5-14)36(24,32)33/h4-7H,3,8-11H2,1-2H3,(H2,24,32,33)(H2,25,26,27,28,29). The minimum Gasteiger partial charge on any atom is -0.462 e. The maximum absolute atomic E-state index is 12.1. The molecule has 36 heavy (non-hydrogen) atoms. The highest BCUT2D eigenvalue weighted by Gasteiger charge is 2.23. The number of nitrogens with two attached hydrogens (primary N) is 1. The summed E-state index contributed by atoms with van der Waals surface area (Å²) in [5.74, 6) is 0.409. The van der Waals surface area contributed by atoms with E-state index in [0.29, 0.717) is 53.5 Å². The molecule has 1 aliphatic rings. The Kier molecular flexibility index (Phi) is 7.34. The molecule has 4 rings (SSSR count). The van der Waals surface area contributed by atoms with E-state index >= 15 is 0 Å². The van der Waals surface area contributed by atoms with Crippen LogP contribution in [0.15, 0.2) is 29.2 Å². The van der Waals surface area contributed by atoms with Crippen LogP contribution >= 0.6 is 11.3 Å². The van der Waals surface area contributed by atoms with Gasteiger partial charge in [-0.15, -0.1) is 0 Å². The predicted molar refractivity (Wildman–Crippen MR) is 133 cm³/mol. The molecule has 0 aliphatic carbocycles. The van der Waals surface area contributed by atoms with Crippen LogP contribution in [0.5, 0.6) is 0 Å². The van der Waals surface area contributed by atoms with Crippen LogP contribution in [-0.2, 0) is 34.3 Å². The number of fused-ring (bicyclic) bond motifs is 1. The molecule has 14 heteroatoms. The highest BCUT2D eigenvalue weighted by Crippen LogP contribution is 2.29. The number of rotatable bonds is 8. The Hall–Kier alpha value is -3.80. The SMILES string of the molecule is CCOC(=O)c1sc(Nc2nc3c(c(NCc4ccc(S(N)(=O)=O)cc4)n2)CN(C#N)CC3)nc1C. The van der Waals surface area contributed by atoms with Gasteiger partial charge in [0.2, 0.25) is 16.0 Å². The third-order valence-electron chi connectivity index (χ3n) is 5.39. The monoisotopic (exact) mass is 528 g/mol. The zero-order chi connectivity index (χ0) is 25.9. The van der Waals surface area contributed by atoms with Crippen molar-refractivity contribution in [2.24, 2.45) is 5.14 Å². The van der Waals surface area contributed by atoms with Crippen LogP contribution < -0.4 is 15.8 Å². The fraction of sp³-hybridized carbons (Fsp3) is 0.318. The number of sulfonamides is 1. The normalized spacial score (nSPS) is 13.0. The number of hydrogen-bond donors (Lipinski definition) is 3. The van der Waals surface area contributed by atoms with E-state index in [1.807, 2.05) is 0 Å². The van der Waals surface area contributed by atoms with Crippen LogP contribution in [-0.4, -0.2) is 47.4 Å². The van der Waals surface area contributed by atoms with Crippen molar-refractivity contribution < 1.29 is 17.9 Å². The minimum atomic E-state index is -3.77. The average Bonchev–Trinajstić information content (AvgIpc) is 3.22. The van der Waals surface area contributed by atoms with Crippen molar-refractivity contribution in [3.05, 3.63) is 51.7 Å². The predicted octanol–water partition coefficient (Wildman–Crippen LogP) is 2.26. The van der Waals surface area contributed by atoms with Crippen molar-refractivity contribution >= 4 is 44.2 Å². The Morgan fingerprint density at radius 2 is 2.03 bits per heavy atom. The van der Waals surface area contributed by atoms with E-state index in [1.54, 1.807) is 30.9 Å². The van der Waals surface area contributed by atoms with Crippen molar-refractivity contribution in [2.45, 2.75) is 38.3 Å². The van der Waals surface area contributed by atoms with Crippen molar-refractivity contribution in [3.63, 3.8) is 0 Å². The fourth-order valence-corrected chi connectivity index (χ4v) is 4.99. The number of nitrogens with one attached hydrogen (secondary N) is 2. The first-order valence-electron chi connectivity index (χ1n) is 11.0. The molecule has 0 spiro atoms. The summed E-state index contributed by atoms with van der Waals surface area (Å²) < 4.78 is 28.1. The quantitative estimate of drug-likeness (QED) is 0.289. The van der Waals surface area contributed by atoms with Gasteiger partial charge < -0.3 is 15.0 Å². The summed E-state index contributed by atoms with van der Waals surface area (Å²) in [6, 6.07) is 6.21. The van der Waals surface area contributed by atoms with Crippen LogP contribution in [0.2, 0.25) is 0 Å². The molecule has 0 amide bonds. The summed E-state index contributed by atoms with van der Waals surface area (Å²) in [6.45, 7) is 4.99. The van der Waals surface area contributed by atoms with E-state index in [9.17, 15) is 18.5 Å². The second-order valence-electron chi connectivity index (χ2n) is 7.91. The maximum Gasteiger partial charge on any atom is 0.350 e. The van der Waals surface area contributed by atoms with Gasteiger partial charge in [0.1, 0.15) is 10.7 Å². The van der Waals surface area contributed by atoms with Crippen LogP contribution in [0.3, 0.4) is 0 Å². The van der Waals surface area contributed by atoms with Gasteiger partial charge in [-0.1, -0.05) is 23.5 Å². The molecule has 0 radical (unpaired) electrons. The fourth-order valence-electron chi connectivity index (χ4n) is 3.62. The molecule has 0 fully saturated rings. The first kappa shape index (κ1) is 25.3. The summed E-state index contributed by atoms with van der Waals surface area (Å²) in [6.07, 6.45) is 2.72. The van der Waals surface area contributed by atoms with Gasteiger partial charge in [-0.05, 0) is 31.5 Å². The van der Waals surface area contributed by atoms with E-state index in [1.165, 1.54) is 12.1 Å². The number of anilines is 3. The van der Waals surface area contributed by atoms with Crippen molar-refractivity contribution in [3.8, 4) is 6.19 Å². The number of benzene rings is 1. The lowest BCUT2D eigenvalue weighted by atomic mass is 10.1. The molecule has 188 valence electrons. The van der Waals surface area contributed by atoms with E-state index < -0.39 is 16.0 Å². The lowest BCUT2D eigenvalue weighted by Gasteiger charge is -2.25. The number of aromatic nitrogens is 3. The Labute approximate surface area is 212 Å². The molecule has 0 saturated carbocycles. The zero-order valence-electron chi connectivity index (χ0n) is 19.6. The first-order chi connectivity index (χ1) is 17.2. The molecule has 12 nitrogen and oxygen atoms in total. The Morgan fingerprint density at radius 1 is 1.28 bits per heavy atom. The highest BCUT2D eigenvalue weighted by atomic mass is 32.2. The minimum absolute atomic E-state index is 0.0303. The first-order valence-corrected chi connectivity index (χ1v) is 13.4. The summed E-state index contributed by atoms with van der Waals surface area (Å²) in [7, 11) is -3.77. The number of carbonyl (C=O) groups excluding carboxylic acids is 1. The summed E-state index contributed by atoms with van der Waals surface area (Å²) in [4.78, 5) is 27.8. The van der Waals surface area contributed by atoms with Crippen LogP contribution in [0.1, 0.15) is 39.1 Å². The number of carbonyl (C=O) groups is 1. The van der Waals surface area contributed by atoms with Gasteiger partial charge in [0, 0.05) is 25.1 Å². The Balaban J connectivity index is 1.59.